The number of ketones is 1. The van der Waals surface area contributed by atoms with Gasteiger partial charge in [0, 0.05) is 5.92 Å². The molecule has 1 aromatic carbocycles. The van der Waals surface area contributed by atoms with Crippen LogP contribution in [-0.2, 0) is 0 Å². The van der Waals surface area contributed by atoms with Crippen LogP contribution in [0.5, 0.6) is 0 Å². The zero-order valence-corrected chi connectivity index (χ0v) is 10.4. The molecule has 1 aliphatic carbocycles. The van der Waals surface area contributed by atoms with E-state index in [0.29, 0.717) is 0 Å². The van der Waals surface area contributed by atoms with Gasteiger partial charge in [-0.05, 0) is 30.4 Å². The quantitative estimate of drug-likeness (QED) is 0.573. The van der Waals surface area contributed by atoms with Gasteiger partial charge in [0.15, 0.2) is 11.6 Å². The van der Waals surface area contributed by atoms with E-state index in [1.165, 1.54) is 6.07 Å². The van der Waals surface area contributed by atoms with Gasteiger partial charge in [0.25, 0.3) is 0 Å². The van der Waals surface area contributed by atoms with E-state index in [0.717, 1.165) is 18.9 Å². The van der Waals surface area contributed by atoms with Crippen LogP contribution in [0.25, 0.3) is 0 Å². The number of benzene rings is 1. The predicted octanol–water partition coefficient (Wildman–Crippen LogP) is 4.24. The number of halogens is 3. The van der Waals surface area contributed by atoms with Gasteiger partial charge in [-0.15, -0.1) is 0 Å². The van der Waals surface area contributed by atoms with E-state index in [1.54, 1.807) is 0 Å². The van der Waals surface area contributed by atoms with Gasteiger partial charge in [0.2, 0.25) is 0 Å². The molecule has 0 heterocycles. The molecule has 1 aliphatic rings. The van der Waals surface area contributed by atoms with E-state index < -0.39 is 16.7 Å². The maximum Gasteiger partial charge on any atom is 0.168 e. The zero-order valence-electron chi connectivity index (χ0n) is 9.69. The van der Waals surface area contributed by atoms with Crippen molar-refractivity contribution in [3.8, 4) is 0 Å². The van der Waals surface area contributed by atoms with E-state index in [2.05, 4.69) is 13.8 Å². The molecule has 17 heavy (non-hydrogen) atoms. The molecule has 0 radical (unpaired) electrons. The minimum Gasteiger partial charge on any atom is -0.294 e. The summed E-state index contributed by atoms with van der Waals surface area (Å²) in [5.41, 5.74) is 0.0394. The first-order valence-electron chi connectivity index (χ1n) is 5.49. The second-order valence-electron chi connectivity index (χ2n) is 5.36. The zero-order chi connectivity index (χ0) is 12.8. The van der Waals surface area contributed by atoms with Gasteiger partial charge in [-0.25, -0.2) is 8.78 Å². The molecule has 0 atom stereocenters. The van der Waals surface area contributed by atoms with Crippen LogP contribution in [-0.4, -0.2) is 5.78 Å². The fourth-order valence-electron chi connectivity index (χ4n) is 2.40. The standard InChI is InChI=1S/C13H13ClF2O/c1-13(2)5-7(6-13)12(17)8-3-4-9(15)10(14)11(8)16/h3-4,7H,5-6H2,1-2H3. The highest BCUT2D eigenvalue weighted by Crippen LogP contribution is 2.46. The molecule has 1 fully saturated rings. The number of Topliss-reactive ketones (excluding diaryl/α,β-unsaturated/α-hetero) is 1. The van der Waals surface area contributed by atoms with Crippen LogP contribution in [0.3, 0.4) is 0 Å². The van der Waals surface area contributed by atoms with Crippen molar-refractivity contribution < 1.29 is 13.6 Å². The Morgan fingerprint density at radius 2 is 1.94 bits per heavy atom. The smallest absolute Gasteiger partial charge is 0.168 e. The second-order valence-corrected chi connectivity index (χ2v) is 5.73. The van der Waals surface area contributed by atoms with Crippen molar-refractivity contribution in [1.82, 2.24) is 0 Å². The Balaban J connectivity index is 2.24. The molecule has 0 aliphatic heterocycles. The first kappa shape index (κ1) is 12.5. The van der Waals surface area contributed by atoms with Crippen molar-refractivity contribution in [2.75, 3.05) is 0 Å². The lowest BCUT2D eigenvalue weighted by atomic mass is 9.62. The normalized spacial score (nSPS) is 18.9. The monoisotopic (exact) mass is 258 g/mol. The van der Waals surface area contributed by atoms with Crippen molar-refractivity contribution in [3.63, 3.8) is 0 Å². The lowest BCUT2D eigenvalue weighted by Crippen LogP contribution is -2.37. The Hall–Kier alpha value is -0.960. The van der Waals surface area contributed by atoms with E-state index in [4.69, 9.17) is 11.6 Å². The molecule has 2 rings (SSSR count). The van der Waals surface area contributed by atoms with Gasteiger partial charge in [0.05, 0.1) is 5.56 Å². The molecule has 1 nitrogen and oxygen atoms in total. The molecule has 0 N–H and O–H groups in total. The average molecular weight is 259 g/mol. The maximum absolute atomic E-state index is 13.6. The molecular weight excluding hydrogens is 246 g/mol. The summed E-state index contributed by atoms with van der Waals surface area (Å²) in [6, 6.07) is 2.20. The highest BCUT2D eigenvalue weighted by molar-refractivity contribution is 6.31. The number of hydrogen-bond acceptors (Lipinski definition) is 1. The van der Waals surface area contributed by atoms with Crippen LogP contribution in [0.2, 0.25) is 5.02 Å². The van der Waals surface area contributed by atoms with Gasteiger partial charge >= 0.3 is 0 Å². The van der Waals surface area contributed by atoms with E-state index in [9.17, 15) is 13.6 Å². The molecular formula is C13H13ClF2O. The Morgan fingerprint density at radius 1 is 1.35 bits per heavy atom. The lowest BCUT2D eigenvalue weighted by Gasteiger charge is -2.41. The van der Waals surface area contributed by atoms with Gasteiger partial charge in [-0.2, -0.15) is 0 Å². The highest BCUT2D eigenvalue weighted by Gasteiger charge is 2.41. The summed E-state index contributed by atoms with van der Waals surface area (Å²) in [6.45, 7) is 4.12. The fourth-order valence-corrected chi connectivity index (χ4v) is 2.56. The van der Waals surface area contributed by atoms with Crippen molar-refractivity contribution in [2.45, 2.75) is 26.7 Å². The minimum atomic E-state index is -0.943. The number of carbonyl (C=O) groups excluding carboxylic acids is 1. The third kappa shape index (κ3) is 2.21. The van der Waals surface area contributed by atoms with Crippen molar-refractivity contribution in [3.05, 3.63) is 34.4 Å². The van der Waals surface area contributed by atoms with Crippen molar-refractivity contribution >= 4 is 17.4 Å². The van der Waals surface area contributed by atoms with E-state index >= 15 is 0 Å². The molecule has 0 aromatic heterocycles. The molecule has 1 saturated carbocycles. The number of rotatable bonds is 2. The largest absolute Gasteiger partial charge is 0.294 e. The summed E-state index contributed by atoms with van der Waals surface area (Å²) >= 11 is 5.45. The van der Waals surface area contributed by atoms with Gasteiger partial charge in [0.1, 0.15) is 10.8 Å². The lowest BCUT2D eigenvalue weighted by molar-refractivity contribution is 0.0588. The summed E-state index contributed by atoms with van der Waals surface area (Å²) in [5.74, 6) is -2.22. The fraction of sp³-hybridized carbons (Fsp3) is 0.462. The molecule has 0 unspecified atom stereocenters. The van der Waals surface area contributed by atoms with Crippen LogP contribution in [0, 0.1) is 23.0 Å². The summed E-state index contributed by atoms with van der Waals surface area (Å²) in [6.07, 6.45) is 1.47. The topological polar surface area (TPSA) is 17.1 Å². The second kappa shape index (κ2) is 4.05. The summed E-state index contributed by atoms with van der Waals surface area (Å²) < 4.78 is 26.6. The Bertz CT molecular complexity index is 475. The van der Waals surface area contributed by atoms with Crippen LogP contribution >= 0.6 is 11.6 Å². The summed E-state index contributed by atoms with van der Waals surface area (Å²) in [5, 5.41) is -0.602. The average Bonchev–Trinajstić information content (AvgIpc) is 2.22. The molecule has 4 heteroatoms. The first-order valence-corrected chi connectivity index (χ1v) is 5.87. The Labute approximate surface area is 104 Å². The molecule has 0 saturated heterocycles. The Kier molecular flexibility index (Phi) is 2.98. The minimum absolute atomic E-state index is 0.100. The maximum atomic E-state index is 13.6. The molecule has 0 spiro atoms. The number of hydrogen-bond donors (Lipinski definition) is 0. The van der Waals surface area contributed by atoms with Crippen LogP contribution in [0.15, 0.2) is 12.1 Å². The first-order chi connectivity index (χ1) is 7.82. The molecule has 1 aromatic rings. The summed E-state index contributed by atoms with van der Waals surface area (Å²) in [4.78, 5) is 12.0. The van der Waals surface area contributed by atoms with Gasteiger partial charge < -0.3 is 0 Å². The van der Waals surface area contributed by atoms with Gasteiger partial charge in [-0.1, -0.05) is 25.4 Å². The molecule has 0 amide bonds. The number of carbonyl (C=O) groups is 1. The third-order valence-electron chi connectivity index (χ3n) is 3.27. The van der Waals surface area contributed by atoms with Crippen molar-refractivity contribution in [1.29, 1.82) is 0 Å². The predicted molar refractivity (Wildman–Crippen MR) is 62.2 cm³/mol. The van der Waals surface area contributed by atoms with E-state index in [-0.39, 0.29) is 22.7 Å². The third-order valence-corrected chi connectivity index (χ3v) is 3.62. The Morgan fingerprint density at radius 3 is 2.47 bits per heavy atom. The molecule has 92 valence electrons. The molecule has 0 bridgehead atoms. The van der Waals surface area contributed by atoms with Crippen LogP contribution in [0.1, 0.15) is 37.0 Å². The van der Waals surface area contributed by atoms with Crippen molar-refractivity contribution in [2.24, 2.45) is 11.3 Å². The summed E-state index contributed by atoms with van der Waals surface area (Å²) in [7, 11) is 0. The van der Waals surface area contributed by atoms with E-state index in [1.807, 2.05) is 0 Å². The van der Waals surface area contributed by atoms with Gasteiger partial charge in [-0.3, -0.25) is 4.79 Å². The SMILES string of the molecule is CC1(C)CC(C(=O)c2ccc(F)c(Cl)c2F)C1. The highest BCUT2D eigenvalue weighted by atomic mass is 35.5. The van der Waals surface area contributed by atoms with Crippen LogP contribution in [0.4, 0.5) is 8.78 Å². The van der Waals surface area contributed by atoms with Crippen LogP contribution < -0.4 is 0 Å².